The maximum atomic E-state index is 12.8. The van der Waals surface area contributed by atoms with Crippen LogP contribution in [0.2, 0.25) is 0 Å². The first kappa shape index (κ1) is 26.2. The third-order valence-corrected chi connectivity index (χ3v) is 7.54. The maximum absolute atomic E-state index is 12.8. The number of thioether (sulfide) groups is 1. The van der Waals surface area contributed by atoms with E-state index in [-0.39, 0.29) is 10.8 Å². The second-order valence-electron chi connectivity index (χ2n) is 7.60. The molecule has 0 spiro atoms. The highest BCUT2D eigenvalue weighted by molar-refractivity contribution is 8.00. The minimum Gasteiger partial charge on any atom is -0.495 e. The van der Waals surface area contributed by atoms with Crippen LogP contribution in [0, 0.1) is 6.92 Å². The Hall–Kier alpha value is -3.37. The summed E-state index contributed by atoms with van der Waals surface area (Å²) in [6.45, 7) is 3.65. The number of benzene rings is 3. The van der Waals surface area contributed by atoms with Gasteiger partial charge in [0, 0.05) is 10.6 Å². The van der Waals surface area contributed by atoms with Crippen molar-refractivity contribution in [3.63, 3.8) is 0 Å². The highest BCUT2D eigenvalue weighted by atomic mass is 32.2. The van der Waals surface area contributed by atoms with E-state index in [9.17, 15) is 13.2 Å². The first-order chi connectivity index (χ1) is 16.7. The van der Waals surface area contributed by atoms with Crippen LogP contribution in [0.4, 0.5) is 11.4 Å². The molecule has 1 amide bonds. The van der Waals surface area contributed by atoms with Gasteiger partial charge in [-0.05, 0) is 74.0 Å². The zero-order valence-corrected chi connectivity index (χ0v) is 21.7. The summed E-state index contributed by atoms with van der Waals surface area (Å²) in [5.74, 6) is 1.39. The smallest absolute Gasteiger partial charge is 0.262 e. The van der Waals surface area contributed by atoms with E-state index in [1.807, 2.05) is 25.1 Å². The van der Waals surface area contributed by atoms with Crippen molar-refractivity contribution in [1.29, 1.82) is 0 Å². The Kier molecular flexibility index (Phi) is 8.52. The molecule has 8 nitrogen and oxygen atoms in total. The fourth-order valence-corrected chi connectivity index (χ4v) is 5.17. The lowest BCUT2D eigenvalue weighted by Crippen LogP contribution is -2.22. The third kappa shape index (κ3) is 6.61. The van der Waals surface area contributed by atoms with Crippen LogP contribution in [0.1, 0.15) is 12.5 Å². The number of carbonyl (C=O) groups excluding carboxylic acids is 1. The summed E-state index contributed by atoms with van der Waals surface area (Å²) < 4.78 is 44.0. The average Bonchev–Trinajstić information content (AvgIpc) is 2.84. The Labute approximate surface area is 210 Å². The van der Waals surface area contributed by atoms with Crippen molar-refractivity contribution < 1.29 is 27.4 Å². The largest absolute Gasteiger partial charge is 0.495 e. The second-order valence-corrected chi connectivity index (χ2v) is 10.7. The summed E-state index contributed by atoms with van der Waals surface area (Å²) in [5, 5.41) is 2.41. The van der Waals surface area contributed by atoms with E-state index in [2.05, 4.69) is 10.0 Å². The Morgan fingerprint density at radius 2 is 1.49 bits per heavy atom. The first-order valence-electron chi connectivity index (χ1n) is 10.6. The molecule has 186 valence electrons. The van der Waals surface area contributed by atoms with Gasteiger partial charge in [-0.2, -0.15) is 0 Å². The number of hydrogen-bond donors (Lipinski definition) is 2. The van der Waals surface area contributed by atoms with Crippen molar-refractivity contribution in [2.24, 2.45) is 0 Å². The predicted octanol–water partition coefficient (Wildman–Crippen LogP) is 4.94. The van der Waals surface area contributed by atoms with E-state index in [4.69, 9.17) is 14.2 Å². The normalized spacial score (nSPS) is 11.9. The molecule has 3 aromatic rings. The average molecular weight is 517 g/mol. The SMILES string of the molecule is COc1ccc(C)cc1NS(=O)(=O)c1ccc(NC(=O)C(C)Sc2ccc(OC)c(OC)c2)cc1. The van der Waals surface area contributed by atoms with Gasteiger partial charge in [0.05, 0.1) is 37.2 Å². The molecule has 0 bridgehead atoms. The Balaban J connectivity index is 1.66. The number of ether oxygens (including phenoxy) is 3. The summed E-state index contributed by atoms with van der Waals surface area (Å²) in [7, 11) is 0.747. The zero-order valence-electron chi connectivity index (χ0n) is 20.1. The van der Waals surface area contributed by atoms with E-state index >= 15 is 0 Å². The Bertz CT molecular complexity index is 1290. The van der Waals surface area contributed by atoms with Crippen LogP contribution >= 0.6 is 11.8 Å². The van der Waals surface area contributed by atoms with E-state index in [0.29, 0.717) is 28.6 Å². The van der Waals surface area contributed by atoms with E-state index < -0.39 is 15.3 Å². The predicted molar refractivity (Wildman–Crippen MR) is 138 cm³/mol. The Morgan fingerprint density at radius 1 is 0.857 bits per heavy atom. The van der Waals surface area contributed by atoms with Gasteiger partial charge in [0.25, 0.3) is 10.0 Å². The number of sulfonamides is 1. The number of carbonyl (C=O) groups is 1. The van der Waals surface area contributed by atoms with E-state index in [1.54, 1.807) is 51.5 Å². The van der Waals surface area contributed by atoms with Crippen LogP contribution in [-0.2, 0) is 14.8 Å². The molecule has 0 aliphatic heterocycles. The number of hydrogen-bond acceptors (Lipinski definition) is 7. The fourth-order valence-electron chi connectivity index (χ4n) is 3.21. The van der Waals surface area contributed by atoms with Crippen molar-refractivity contribution in [3.8, 4) is 17.2 Å². The minimum atomic E-state index is -3.85. The molecule has 35 heavy (non-hydrogen) atoms. The molecule has 10 heteroatoms. The molecule has 2 N–H and O–H groups in total. The summed E-state index contributed by atoms with van der Waals surface area (Å²) in [4.78, 5) is 13.6. The highest BCUT2D eigenvalue weighted by Crippen LogP contribution is 2.34. The molecule has 3 aromatic carbocycles. The monoisotopic (exact) mass is 516 g/mol. The van der Waals surface area contributed by atoms with Crippen molar-refractivity contribution in [1.82, 2.24) is 0 Å². The number of methoxy groups -OCH3 is 3. The van der Waals surface area contributed by atoms with Gasteiger partial charge < -0.3 is 19.5 Å². The Morgan fingerprint density at radius 3 is 2.11 bits per heavy atom. The van der Waals surface area contributed by atoms with Gasteiger partial charge in [-0.1, -0.05) is 6.07 Å². The molecule has 1 unspecified atom stereocenters. The van der Waals surface area contributed by atoms with Gasteiger partial charge >= 0.3 is 0 Å². The number of rotatable bonds is 10. The standard InChI is InChI=1S/C25H28N2O6S2/c1-16-6-12-22(31-3)21(14-16)27-35(29,30)20-10-7-18(8-11-20)26-25(28)17(2)34-19-9-13-23(32-4)24(15-19)33-5/h6-15,17,27H,1-5H3,(H,26,28). The molecular formula is C25H28N2O6S2. The molecule has 3 rings (SSSR count). The van der Waals surface area contributed by atoms with Crippen molar-refractivity contribution in [3.05, 3.63) is 66.2 Å². The number of aryl methyl sites for hydroxylation is 1. The van der Waals surface area contributed by atoms with Gasteiger partial charge in [0.2, 0.25) is 5.91 Å². The lowest BCUT2D eigenvalue weighted by atomic mass is 10.2. The van der Waals surface area contributed by atoms with Gasteiger partial charge in [0.1, 0.15) is 5.75 Å². The lowest BCUT2D eigenvalue weighted by molar-refractivity contribution is -0.115. The van der Waals surface area contributed by atoms with Crippen LogP contribution in [-0.4, -0.2) is 40.9 Å². The molecule has 1 atom stereocenters. The summed E-state index contributed by atoms with van der Waals surface area (Å²) in [6.07, 6.45) is 0. The lowest BCUT2D eigenvalue weighted by Gasteiger charge is -2.15. The van der Waals surface area contributed by atoms with Crippen LogP contribution < -0.4 is 24.2 Å². The first-order valence-corrected chi connectivity index (χ1v) is 13.0. The second kappa shape index (κ2) is 11.4. The molecule has 0 aromatic heterocycles. The summed E-state index contributed by atoms with van der Waals surface area (Å²) in [5.41, 5.74) is 1.73. The van der Waals surface area contributed by atoms with Crippen molar-refractivity contribution in [2.45, 2.75) is 28.9 Å². The number of nitrogens with one attached hydrogen (secondary N) is 2. The van der Waals surface area contributed by atoms with Crippen LogP contribution in [0.25, 0.3) is 0 Å². The van der Waals surface area contributed by atoms with Crippen LogP contribution in [0.3, 0.4) is 0 Å². The molecule has 0 aliphatic rings. The van der Waals surface area contributed by atoms with E-state index in [1.165, 1.54) is 31.0 Å². The van der Waals surface area contributed by atoms with Crippen LogP contribution in [0.5, 0.6) is 17.2 Å². The summed E-state index contributed by atoms with van der Waals surface area (Å²) >= 11 is 1.37. The zero-order chi connectivity index (χ0) is 25.6. The molecule has 0 saturated carbocycles. The number of anilines is 2. The third-order valence-electron chi connectivity index (χ3n) is 5.07. The van der Waals surface area contributed by atoms with Gasteiger partial charge in [-0.25, -0.2) is 8.42 Å². The quantitative estimate of drug-likeness (QED) is 0.368. The van der Waals surface area contributed by atoms with Gasteiger partial charge in [-0.15, -0.1) is 11.8 Å². The molecule has 0 saturated heterocycles. The van der Waals surface area contributed by atoms with E-state index in [0.717, 1.165) is 10.5 Å². The molecule has 0 aliphatic carbocycles. The molecule has 0 radical (unpaired) electrons. The van der Waals surface area contributed by atoms with Crippen LogP contribution in [0.15, 0.2) is 70.5 Å². The molecule has 0 heterocycles. The summed E-state index contributed by atoms with van der Waals surface area (Å²) in [6, 6.07) is 16.6. The fraction of sp³-hybridized carbons (Fsp3) is 0.240. The van der Waals surface area contributed by atoms with Gasteiger partial charge in [0.15, 0.2) is 11.5 Å². The van der Waals surface area contributed by atoms with Gasteiger partial charge in [-0.3, -0.25) is 9.52 Å². The maximum Gasteiger partial charge on any atom is 0.262 e. The highest BCUT2D eigenvalue weighted by Gasteiger charge is 2.19. The van der Waals surface area contributed by atoms with Crippen molar-refractivity contribution >= 4 is 39.1 Å². The molecular weight excluding hydrogens is 488 g/mol. The topological polar surface area (TPSA) is 103 Å². The molecule has 0 fully saturated rings. The van der Waals surface area contributed by atoms with Crippen molar-refractivity contribution in [2.75, 3.05) is 31.4 Å². The minimum absolute atomic E-state index is 0.0619. The number of amides is 1.